The van der Waals surface area contributed by atoms with E-state index in [9.17, 15) is 19.3 Å². The van der Waals surface area contributed by atoms with Gasteiger partial charge in [-0.25, -0.2) is 4.39 Å². The van der Waals surface area contributed by atoms with Crippen molar-refractivity contribution in [2.45, 2.75) is 6.04 Å². The monoisotopic (exact) mass is 214 g/mol. The van der Waals surface area contributed by atoms with Crippen molar-refractivity contribution < 1.29 is 19.2 Å². The maximum absolute atomic E-state index is 13.2. The van der Waals surface area contributed by atoms with Gasteiger partial charge in [0.05, 0.1) is 11.0 Å². The Labute approximate surface area is 83.3 Å². The number of halogens is 1. The van der Waals surface area contributed by atoms with Gasteiger partial charge in [0.25, 0.3) is 5.69 Å². The average molecular weight is 214 g/mol. The molecular formula is C8H7FN2O4. The van der Waals surface area contributed by atoms with E-state index in [1.807, 2.05) is 0 Å². The molecule has 0 bridgehead atoms. The Kier molecular flexibility index (Phi) is 2.96. The highest BCUT2D eigenvalue weighted by Gasteiger charge is 2.20. The van der Waals surface area contributed by atoms with Gasteiger partial charge in [-0.3, -0.25) is 14.9 Å². The van der Waals surface area contributed by atoms with Gasteiger partial charge in [-0.05, 0) is 6.07 Å². The number of non-ortho nitro benzene ring substituents is 1. The fraction of sp³-hybridized carbons (Fsp3) is 0.125. The summed E-state index contributed by atoms with van der Waals surface area (Å²) in [4.78, 5) is 19.9. The van der Waals surface area contributed by atoms with E-state index >= 15 is 0 Å². The van der Waals surface area contributed by atoms with Gasteiger partial charge in [0, 0.05) is 11.6 Å². The summed E-state index contributed by atoms with van der Waals surface area (Å²) >= 11 is 0. The van der Waals surface area contributed by atoms with E-state index in [2.05, 4.69) is 0 Å². The smallest absolute Gasteiger partial charge is 0.325 e. The molecule has 1 atom stereocenters. The molecule has 7 heteroatoms. The van der Waals surface area contributed by atoms with Gasteiger partial charge >= 0.3 is 5.97 Å². The molecule has 0 heterocycles. The van der Waals surface area contributed by atoms with Crippen LogP contribution in [0, 0.1) is 15.9 Å². The number of nitrogens with zero attached hydrogens (tertiary/aromatic N) is 1. The van der Waals surface area contributed by atoms with Crippen LogP contribution in [0.2, 0.25) is 0 Å². The maximum Gasteiger partial charge on any atom is 0.325 e. The molecule has 0 aromatic heterocycles. The summed E-state index contributed by atoms with van der Waals surface area (Å²) in [6.45, 7) is 0. The first-order chi connectivity index (χ1) is 6.93. The van der Waals surface area contributed by atoms with E-state index in [0.717, 1.165) is 12.1 Å². The molecule has 1 aromatic carbocycles. The number of carboxylic acid groups (broad SMARTS) is 1. The van der Waals surface area contributed by atoms with Crippen LogP contribution in [0.25, 0.3) is 0 Å². The van der Waals surface area contributed by atoms with Crippen molar-refractivity contribution in [2.75, 3.05) is 0 Å². The highest BCUT2D eigenvalue weighted by molar-refractivity contribution is 5.75. The summed E-state index contributed by atoms with van der Waals surface area (Å²) in [6, 6.07) is 1.11. The Bertz CT molecular complexity index is 421. The fourth-order valence-corrected chi connectivity index (χ4v) is 1.01. The Balaban J connectivity index is 3.13. The van der Waals surface area contributed by atoms with Gasteiger partial charge in [0.15, 0.2) is 0 Å². The topological polar surface area (TPSA) is 106 Å². The number of aliphatic carboxylic acids is 1. The minimum atomic E-state index is -1.52. The second-order valence-corrected chi connectivity index (χ2v) is 2.78. The molecule has 0 amide bonds. The van der Waals surface area contributed by atoms with Gasteiger partial charge in [-0.2, -0.15) is 0 Å². The normalized spacial score (nSPS) is 12.1. The number of rotatable bonds is 3. The summed E-state index contributed by atoms with van der Waals surface area (Å²) in [5, 5.41) is 18.8. The number of hydrogen-bond acceptors (Lipinski definition) is 4. The lowest BCUT2D eigenvalue weighted by Crippen LogP contribution is -2.21. The number of nitrogens with two attached hydrogens (primary N) is 1. The Hall–Kier alpha value is -2.02. The molecule has 0 spiro atoms. The number of carbonyl (C=O) groups is 1. The second-order valence-electron chi connectivity index (χ2n) is 2.78. The number of hydrogen-bond donors (Lipinski definition) is 2. The van der Waals surface area contributed by atoms with Crippen LogP contribution >= 0.6 is 0 Å². The van der Waals surface area contributed by atoms with E-state index in [4.69, 9.17) is 10.8 Å². The molecule has 0 saturated heterocycles. The van der Waals surface area contributed by atoms with Crippen molar-refractivity contribution in [3.05, 3.63) is 39.7 Å². The predicted octanol–water partition coefficient (Wildman–Crippen LogP) is 0.818. The fourth-order valence-electron chi connectivity index (χ4n) is 1.01. The standard InChI is InChI=1S/C8H7FN2O4/c9-6-3-4(11(14)15)1-2-5(6)7(10)8(12)13/h1-3,7H,10H2,(H,12,13)/t7-/m0/s1. The molecule has 0 saturated carbocycles. The molecular weight excluding hydrogens is 207 g/mol. The molecule has 15 heavy (non-hydrogen) atoms. The molecule has 0 aliphatic heterocycles. The first kappa shape index (κ1) is 11.1. The molecule has 0 fully saturated rings. The van der Waals surface area contributed by atoms with Crippen molar-refractivity contribution >= 4 is 11.7 Å². The van der Waals surface area contributed by atoms with Crippen molar-refractivity contribution in [1.29, 1.82) is 0 Å². The molecule has 1 rings (SSSR count). The zero-order valence-corrected chi connectivity index (χ0v) is 7.38. The van der Waals surface area contributed by atoms with Crippen LogP contribution in [0.3, 0.4) is 0 Å². The summed E-state index contributed by atoms with van der Waals surface area (Å²) < 4.78 is 13.2. The third kappa shape index (κ3) is 2.26. The zero-order valence-electron chi connectivity index (χ0n) is 7.38. The number of carboxylic acids is 1. The third-order valence-electron chi connectivity index (χ3n) is 1.80. The highest BCUT2D eigenvalue weighted by Crippen LogP contribution is 2.20. The summed E-state index contributed by atoms with van der Waals surface area (Å²) in [7, 11) is 0. The minimum absolute atomic E-state index is 0.284. The van der Waals surface area contributed by atoms with Crippen LogP contribution in [0.15, 0.2) is 18.2 Å². The molecule has 80 valence electrons. The lowest BCUT2D eigenvalue weighted by atomic mass is 10.1. The summed E-state index contributed by atoms with van der Waals surface area (Å²) in [6.07, 6.45) is 0. The van der Waals surface area contributed by atoms with Gasteiger partial charge in [-0.1, -0.05) is 0 Å². The van der Waals surface area contributed by atoms with Gasteiger partial charge in [-0.15, -0.1) is 0 Å². The van der Waals surface area contributed by atoms with Crippen molar-refractivity contribution in [2.24, 2.45) is 5.73 Å². The lowest BCUT2D eigenvalue weighted by Gasteiger charge is -2.07. The molecule has 6 nitrogen and oxygen atoms in total. The molecule has 0 aliphatic rings. The first-order valence-corrected chi connectivity index (χ1v) is 3.85. The van der Waals surface area contributed by atoms with Gasteiger partial charge < -0.3 is 10.8 Å². The molecule has 0 aliphatic carbocycles. The Morgan fingerprint density at radius 2 is 2.20 bits per heavy atom. The SMILES string of the molecule is N[C@H](C(=O)O)c1ccc([N+](=O)[O-])cc1F. The maximum atomic E-state index is 13.2. The molecule has 0 radical (unpaired) electrons. The highest BCUT2D eigenvalue weighted by atomic mass is 19.1. The van der Waals surface area contributed by atoms with Crippen LogP contribution in [0.1, 0.15) is 11.6 Å². The van der Waals surface area contributed by atoms with E-state index in [0.29, 0.717) is 6.07 Å². The van der Waals surface area contributed by atoms with Crippen molar-refractivity contribution in [3.63, 3.8) is 0 Å². The number of benzene rings is 1. The second kappa shape index (κ2) is 4.01. The van der Waals surface area contributed by atoms with Crippen LogP contribution < -0.4 is 5.73 Å². The van der Waals surface area contributed by atoms with E-state index in [1.165, 1.54) is 0 Å². The minimum Gasteiger partial charge on any atom is -0.480 e. The van der Waals surface area contributed by atoms with Crippen LogP contribution in [-0.2, 0) is 4.79 Å². The summed E-state index contributed by atoms with van der Waals surface area (Å²) in [5.41, 5.74) is 4.42. The third-order valence-corrected chi connectivity index (χ3v) is 1.80. The van der Waals surface area contributed by atoms with Gasteiger partial charge in [0.1, 0.15) is 11.9 Å². The molecule has 1 aromatic rings. The summed E-state index contributed by atoms with van der Waals surface area (Å²) in [5.74, 6) is -2.40. The quantitative estimate of drug-likeness (QED) is 0.572. The van der Waals surface area contributed by atoms with Gasteiger partial charge in [0.2, 0.25) is 0 Å². The molecule has 3 N–H and O–H groups in total. The van der Waals surface area contributed by atoms with Crippen molar-refractivity contribution in [1.82, 2.24) is 0 Å². The van der Waals surface area contributed by atoms with Crippen LogP contribution in [0.4, 0.5) is 10.1 Å². The Morgan fingerprint density at radius 3 is 2.60 bits per heavy atom. The van der Waals surface area contributed by atoms with E-state index in [1.54, 1.807) is 0 Å². The lowest BCUT2D eigenvalue weighted by molar-refractivity contribution is -0.385. The predicted molar refractivity (Wildman–Crippen MR) is 47.6 cm³/mol. The number of nitro groups is 1. The van der Waals surface area contributed by atoms with Crippen molar-refractivity contribution in [3.8, 4) is 0 Å². The largest absolute Gasteiger partial charge is 0.480 e. The zero-order chi connectivity index (χ0) is 11.6. The van der Waals surface area contributed by atoms with Crippen LogP contribution in [-0.4, -0.2) is 16.0 Å². The first-order valence-electron chi connectivity index (χ1n) is 3.85. The van der Waals surface area contributed by atoms with E-state index < -0.39 is 28.4 Å². The van der Waals surface area contributed by atoms with E-state index in [-0.39, 0.29) is 5.56 Å². The molecule has 0 unspecified atom stereocenters. The Morgan fingerprint density at radius 1 is 1.60 bits per heavy atom. The average Bonchev–Trinajstić information content (AvgIpc) is 2.16. The van der Waals surface area contributed by atoms with Crippen LogP contribution in [0.5, 0.6) is 0 Å². The number of nitro benzene ring substituents is 1.